The molecule has 0 amide bonds. The molecular weight excluding hydrogens is 877 g/mol. The van der Waals surface area contributed by atoms with Gasteiger partial charge in [-0.25, -0.2) is 15.0 Å². The first-order valence-corrected chi connectivity index (χ1v) is 22.6. The van der Waals surface area contributed by atoms with E-state index < -0.39 is 0 Å². The fraction of sp³-hybridized carbons (Fsp3) is 0.0536. The molecule has 14 heteroatoms. The number of aromatic nitrogens is 7. The molecule has 2 aliphatic heterocycles. The van der Waals surface area contributed by atoms with Crippen LogP contribution in [0.3, 0.4) is 0 Å². The van der Waals surface area contributed by atoms with Crippen molar-refractivity contribution in [1.82, 2.24) is 34.1 Å². The predicted molar refractivity (Wildman–Crippen MR) is 273 cm³/mol. The molecule has 0 bridgehead atoms. The third-order valence-electron chi connectivity index (χ3n) is 12.4. The number of pyridine rings is 2. The van der Waals surface area contributed by atoms with Crippen LogP contribution in [0, 0.1) is 0 Å². The summed E-state index contributed by atoms with van der Waals surface area (Å²) in [6, 6.07) is 41.8. The van der Waals surface area contributed by atoms with Crippen molar-refractivity contribution in [1.29, 1.82) is 0 Å². The zero-order chi connectivity index (χ0) is 46.7. The molecule has 7 aromatic heterocycles. The molecule has 0 saturated heterocycles. The molecule has 4 aromatic carbocycles. The molecule has 2 aliphatic rings. The molecular formula is C56H38N10O4. The maximum Gasteiger partial charge on any atom is 0.292 e. The van der Waals surface area contributed by atoms with Gasteiger partial charge in [-0.05, 0) is 110 Å². The number of benzene rings is 4. The Bertz CT molecular complexity index is 4050. The minimum atomic E-state index is -0.153. The van der Waals surface area contributed by atoms with E-state index in [-0.39, 0.29) is 12.1 Å². The second-order valence-corrected chi connectivity index (χ2v) is 16.6. The van der Waals surface area contributed by atoms with Crippen LogP contribution >= 0.6 is 0 Å². The molecule has 0 spiro atoms. The Balaban J connectivity index is 0.821. The first kappa shape index (κ1) is 40.4. The van der Waals surface area contributed by atoms with E-state index >= 15 is 0 Å². The summed E-state index contributed by atoms with van der Waals surface area (Å²) in [6.07, 6.45) is 16.7. The van der Waals surface area contributed by atoms with E-state index in [1.807, 2.05) is 115 Å². The Morgan fingerprint density at radius 1 is 0.771 bits per heavy atom. The molecule has 0 aliphatic carbocycles. The largest absolute Gasteiger partial charge is 0.426 e. The smallest absolute Gasteiger partial charge is 0.292 e. The fourth-order valence-corrected chi connectivity index (χ4v) is 9.48. The summed E-state index contributed by atoms with van der Waals surface area (Å²) in [4.78, 5) is 19.1. The molecule has 9 heterocycles. The van der Waals surface area contributed by atoms with Crippen molar-refractivity contribution in [3.63, 3.8) is 0 Å². The van der Waals surface area contributed by atoms with Crippen molar-refractivity contribution in [2.75, 3.05) is 4.90 Å². The minimum absolute atomic E-state index is 0.153. The number of para-hydroxylation sites is 2. The Morgan fingerprint density at radius 2 is 1.47 bits per heavy atom. The van der Waals surface area contributed by atoms with Crippen LogP contribution in [0.15, 0.2) is 196 Å². The van der Waals surface area contributed by atoms with Crippen LogP contribution in [0.25, 0.3) is 78.1 Å². The Labute approximate surface area is 398 Å². The Kier molecular flexibility index (Phi) is 9.51. The SMILES string of the molecule is CC=C=C(/C=C\N)n1c2c(c3cc(Oc4cc5cc6oc(Oc7ccc8c(n7)c7nc(C9=CCC(n%10nccn%10)N9c9ccccc9)ccc7n8-c7ccccc7)cc6cc5o4)ccc31)C=C=CC=N2. The molecule has 11 aromatic rings. The Morgan fingerprint density at radius 3 is 2.21 bits per heavy atom. The van der Waals surface area contributed by atoms with Crippen LogP contribution in [0.2, 0.25) is 0 Å². The molecule has 14 nitrogen and oxygen atoms in total. The first-order valence-electron chi connectivity index (χ1n) is 22.6. The van der Waals surface area contributed by atoms with Crippen LogP contribution < -0.4 is 20.1 Å². The molecule has 1 atom stereocenters. The van der Waals surface area contributed by atoms with Gasteiger partial charge in [-0.2, -0.15) is 15.0 Å². The van der Waals surface area contributed by atoms with Gasteiger partial charge >= 0.3 is 0 Å². The molecule has 13 rings (SSSR count). The van der Waals surface area contributed by atoms with E-state index in [9.17, 15) is 0 Å². The van der Waals surface area contributed by atoms with Crippen molar-refractivity contribution >= 4 is 90.1 Å². The van der Waals surface area contributed by atoms with Crippen LogP contribution in [0.4, 0.5) is 11.5 Å². The second kappa shape index (κ2) is 16.5. The van der Waals surface area contributed by atoms with E-state index in [2.05, 4.69) is 73.6 Å². The van der Waals surface area contributed by atoms with Gasteiger partial charge < -0.3 is 33.5 Å². The highest BCUT2D eigenvalue weighted by atomic mass is 16.6. The molecule has 2 N–H and O–H groups in total. The average Bonchev–Trinajstić information content (AvgIpc) is 4.26. The van der Waals surface area contributed by atoms with Gasteiger partial charge in [-0.1, -0.05) is 48.2 Å². The monoisotopic (exact) mass is 914 g/mol. The lowest BCUT2D eigenvalue weighted by Crippen LogP contribution is -2.29. The predicted octanol–water partition coefficient (Wildman–Crippen LogP) is 13.0. The number of nitrogens with two attached hydrogens (primary N) is 1. The van der Waals surface area contributed by atoms with Gasteiger partial charge in [-0.15, -0.1) is 5.73 Å². The third-order valence-corrected chi connectivity index (χ3v) is 12.4. The van der Waals surface area contributed by atoms with Crippen LogP contribution in [-0.4, -0.2) is 40.3 Å². The number of allylic oxidation sites excluding steroid dienone is 3. The van der Waals surface area contributed by atoms with E-state index in [0.717, 1.165) is 78.1 Å². The first-order chi connectivity index (χ1) is 34.6. The molecule has 1 unspecified atom stereocenters. The highest BCUT2D eigenvalue weighted by Crippen LogP contribution is 2.43. The normalized spacial score (nSPS) is 14.3. The summed E-state index contributed by atoms with van der Waals surface area (Å²) in [5.74, 6) is 2.28. The molecule has 0 saturated carbocycles. The number of furan rings is 2. The zero-order valence-electron chi connectivity index (χ0n) is 37.3. The lowest BCUT2D eigenvalue weighted by molar-refractivity contribution is 0.351. The standard InChI is InChI=1S/C56H38N10O4/c1-2-11-37(25-26-57)65-44-19-17-40(34-42(44)41-16-9-10-27-58-56(41)65)67-52-32-35-30-49-36(31-48(35)68-52)33-53(69-49)70-50-23-21-47-55(62-50)54-46(63(47)38-12-5-3-6-13-38)20-18-43(61-54)45-22-24-51(66-59-28-29-60-66)64(45)39-14-7-4-8-15-39/h2-8,10,12-23,25-34,51H,24,57H2,1H3/b26-25-. The van der Waals surface area contributed by atoms with Gasteiger partial charge in [0.25, 0.3) is 11.9 Å². The summed E-state index contributed by atoms with van der Waals surface area (Å²) in [6.45, 7) is 1.91. The molecule has 0 radical (unpaired) electrons. The number of hydrogen-bond acceptors (Lipinski definition) is 11. The minimum Gasteiger partial charge on any atom is -0.426 e. The highest BCUT2D eigenvalue weighted by molar-refractivity contribution is 6.06. The second-order valence-electron chi connectivity index (χ2n) is 16.6. The lowest BCUT2D eigenvalue weighted by atomic mass is 10.1. The van der Waals surface area contributed by atoms with Gasteiger partial charge in [0.15, 0.2) is 6.17 Å². The van der Waals surface area contributed by atoms with E-state index in [0.29, 0.717) is 40.7 Å². The maximum absolute atomic E-state index is 6.38. The van der Waals surface area contributed by atoms with Crippen molar-refractivity contribution in [2.24, 2.45) is 10.7 Å². The maximum atomic E-state index is 6.38. The number of anilines is 1. The summed E-state index contributed by atoms with van der Waals surface area (Å²) >= 11 is 0. The van der Waals surface area contributed by atoms with Crippen LogP contribution in [0.1, 0.15) is 30.8 Å². The number of hydrogen-bond donors (Lipinski definition) is 1. The summed E-state index contributed by atoms with van der Waals surface area (Å²) in [5, 5.41) is 11.5. The molecule has 70 heavy (non-hydrogen) atoms. The topological polar surface area (TPSA) is 153 Å². The van der Waals surface area contributed by atoms with Crippen molar-refractivity contribution in [3.8, 4) is 29.2 Å². The van der Waals surface area contributed by atoms with Crippen molar-refractivity contribution in [2.45, 2.75) is 19.5 Å². The highest BCUT2D eigenvalue weighted by Gasteiger charge is 2.32. The fourth-order valence-electron chi connectivity index (χ4n) is 9.48. The summed E-state index contributed by atoms with van der Waals surface area (Å²) < 4.78 is 29.5. The van der Waals surface area contributed by atoms with Crippen molar-refractivity contribution < 1.29 is 18.3 Å². The third kappa shape index (κ3) is 6.79. The van der Waals surface area contributed by atoms with E-state index in [1.54, 1.807) is 35.6 Å². The lowest BCUT2D eigenvalue weighted by Gasteiger charge is -2.29. The molecule has 336 valence electrons. The van der Waals surface area contributed by atoms with Crippen molar-refractivity contribution in [3.05, 3.63) is 193 Å². The molecule has 0 fully saturated rings. The van der Waals surface area contributed by atoms with Gasteiger partial charge in [0, 0.05) is 63.9 Å². The van der Waals surface area contributed by atoms with Crippen LogP contribution in [-0.2, 0) is 0 Å². The van der Waals surface area contributed by atoms with Gasteiger partial charge in [-0.3, -0.25) is 4.57 Å². The number of ether oxygens (including phenoxy) is 2. The van der Waals surface area contributed by atoms with Gasteiger partial charge in [0.2, 0.25) is 5.88 Å². The quantitative estimate of drug-likeness (QED) is 0.104. The van der Waals surface area contributed by atoms with E-state index in [4.69, 9.17) is 39.0 Å². The van der Waals surface area contributed by atoms with Crippen LogP contribution in [0.5, 0.6) is 23.5 Å². The van der Waals surface area contributed by atoms with Gasteiger partial charge in [0.1, 0.15) is 33.8 Å². The number of fused-ring (bicyclic) bond motifs is 8. The average molecular weight is 915 g/mol. The number of nitrogens with zero attached hydrogens (tertiary/aromatic N) is 9. The zero-order valence-corrected chi connectivity index (χ0v) is 37.3. The van der Waals surface area contributed by atoms with E-state index in [1.165, 1.54) is 6.20 Å². The van der Waals surface area contributed by atoms with Gasteiger partial charge in [0.05, 0.1) is 46.0 Å². The number of aliphatic imine (C=N–C) groups is 1. The number of rotatable bonds is 10. The summed E-state index contributed by atoms with van der Waals surface area (Å²) in [5.41, 5.74) is 23.0. The summed E-state index contributed by atoms with van der Waals surface area (Å²) in [7, 11) is 0. The Hall–Kier alpha value is -9.87.